The summed E-state index contributed by atoms with van der Waals surface area (Å²) >= 11 is 6.11. The van der Waals surface area contributed by atoms with Gasteiger partial charge in [-0.15, -0.1) is 11.6 Å². The van der Waals surface area contributed by atoms with Crippen molar-refractivity contribution in [3.8, 4) is 0 Å². The summed E-state index contributed by atoms with van der Waals surface area (Å²) in [6, 6.07) is 0. The molecule has 1 unspecified atom stereocenters. The van der Waals surface area contributed by atoms with Crippen molar-refractivity contribution in [3.63, 3.8) is 0 Å². The molecule has 74 valence electrons. The minimum atomic E-state index is -0.00869. The molecule has 0 heterocycles. The topological polar surface area (TPSA) is 0 Å². The highest BCUT2D eigenvalue weighted by Crippen LogP contribution is 2.25. The first-order valence-electron chi connectivity index (χ1n) is 5.00. The van der Waals surface area contributed by atoms with Crippen molar-refractivity contribution in [1.29, 1.82) is 0 Å². The van der Waals surface area contributed by atoms with Crippen LogP contribution < -0.4 is 0 Å². The lowest BCUT2D eigenvalue weighted by Gasteiger charge is -2.19. The maximum absolute atomic E-state index is 6.11. The second kappa shape index (κ2) is 5.11. The summed E-state index contributed by atoms with van der Waals surface area (Å²) in [5, 5.41) is 0. The highest BCUT2D eigenvalue weighted by molar-refractivity contribution is 6.23. The van der Waals surface area contributed by atoms with Crippen molar-refractivity contribution in [1.82, 2.24) is 0 Å². The molecule has 0 amide bonds. The zero-order valence-corrected chi connectivity index (χ0v) is 9.91. The molecule has 0 aromatic heterocycles. The van der Waals surface area contributed by atoms with Crippen molar-refractivity contribution < 1.29 is 0 Å². The largest absolute Gasteiger partial charge is 0.120 e. The second-order valence-electron chi connectivity index (χ2n) is 4.99. The SMILES string of the molecule is CC(C)CC(C)CCC(C)(C)Cl. The Morgan fingerprint density at radius 3 is 2.00 bits per heavy atom. The van der Waals surface area contributed by atoms with Crippen LogP contribution in [0.15, 0.2) is 0 Å². The molecular weight excluding hydrogens is 168 g/mol. The van der Waals surface area contributed by atoms with Gasteiger partial charge in [-0.2, -0.15) is 0 Å². The van der Waals surface area contributed by atoms with Gasteiger partial charge in [0.25, 0.3) is 0 Å². The fraction of sp³-hybridized carbons (Fsp3) is 1.00. The van der Waals surface area contributed by atoms with Gasteiger partial charge in [-0.05, 0) is 44.9 Å². The third-order valence-electron chi connectivity index (χ3n) is 2.11. The second-order valence-corrected chi connectivity index (χ2v) is 6.02. The van der Waals surface area contributed by atoms with Crippen LogP contribution in [0.3, 0.4) is 0 Å². The predicted octanol–water partition coefficient (Wildman–Crippen LogP) is 4.47. The van der Waals surface area contributed by atoms with Crippen LogP contribution in [0.4, 0.5) is 0 Å². The van der Waals surface area contributed by atoms with Gasteiger partial charge in [0.05, 0.1) is 0 Å². The molecule has 0 fully saturated rings. The zero-order chi connectivity index (χ0) is 9.78. The summed E-state index contributed by atoms with van der Waals surface area (Å²) in [5.41, 5.74) is 0. The van der Waals surface area contributed by atoms with E-state index in [9.17, 15) is 0 Å². The van der Waals surface area contributed by atoms with Gasteiger partial charge >= 0.3 is 0 Å². The van der Waals surface area contributed by atoms with E-state index in [0.29, 0.717) is 0 Å². The van der Waals surface area contributed by atoms with E-state index < -0.39 is 0 Å². The van der Waals surface area contributed by atoms with Crippen molar-refractivity contribution in [2.24, 2.45) is 11.8 Å². The van der Waals surface area contributed by atoms with Gasteiger partial charge in [0, 0.05) is 4.87 Å². The normalized spacial score (nSPS) is 15.2. The van der Waals surface area contributed by atoms with Crippen LogP contribution in [0.5, 0.6) is 0 Å². The van der Waals surface area contributed by atoms with E-state index in [-0.39, 0.29) is 4.87 Å². The molecule has 0 rings (SSSR count). The Bertz CT molecular complexity index is 111. The summed E-state index contributed by atoms with van der Waals surface area (Å²) in [5.74, 6) is 1.64. The van der Waals surface area contributed by atoms with Gasteiger partial charge < -0.3 is 0 Å². The standard InChI is InChI=1S/C11H23Cl/c1-9(2)8-10(3)6-7-11(4,5)12/h9-10H,6-8H2,1-5H3. The Labute approximate surface area is 82.7 Å². The van der Waals surface area contributed by atoms with E-state index in [1.54, 1.807) is 0 Å². The molecule has 0 aromatic rings. The number of alkyl halides is 1. The molecule has 0 saturated heterocycles. The number of hydrogen-bond donors (Lipinski definition) is 0. The Balaban J connectivity index is 3.51. The fourth-order valence-electron chi connectivity index (χ4n) is 1.51. The summed E-state index contributed by atoms with van der Waals surface area (Å²) in [7, 11) is 0. The first kappa shape index (κ1) is 12.3. The minimum absolute atomic E-state index is 0.00869. The van der Waals surface area contributed by atoms with Gasteiger partial charge in [0.2, 0.25) is 0 Å². The van der Waals surface area contributed by atoms with Crippen LogP contribution in [-0.4, -0.2) is 4.87 Å². The van der Waals surface area contributed by atoms with Gasteiger partial charge in [0.15, 0.2) is 0 Å². The van der Waals surface area contributed by atoms with E-state index in [1.807, 2.05) is 0 Å². The summed E-state index contributed by atoms with van der Waals surface area (Å²) in [6.45, 7) is 11.1. The molecule has 0 aliphatic rings. The first-order chi connectivity index (χ1) is 5.31. The predicted molar refractivity (Wildman–Crippen MR) is 57.8 cm³/mol. The third kappa shape index (κ3) is 8.39. The van der Waals surface area contributed by atoms with Crippen LogP contribution in [0.25, 0.3) is 0 Å². The van der Waals surface area contributed by atoms with Crippen LogP contribution >= 0.6 is 11.6 Å². The summed E-state index contributed by atoms with van der Waals surface area (Å²) in [4.78, 5) is -0.00869. The molecule has 1 atom stereocenters. The van der Waals surface area contributed by atoms with Crippen LogP contribution in [-0.2, 0) is 0 Å². The number of rotatable bonds is 5. The van der Waals surface area contributed by atoms with Crippen molar-refractivity contribution >= 4 is 11.6 Å². The monoisotopic (exact) mass is 190 g/mol. The Hall–Kier alpha value is 0.290. The lowest BCUT2D eigenvalue weighted by molar-refractivity contribution is 0.388. The maximum atomic E-state index is 6.11. The highest BCUT2D eigenvalue weighted by atomic mass is 35.5. The zero-order valence-electron chi connectivity index (χ0n) is 9.15. The highest BCUT2D eigenvalue weighted by Gasteiger charge is 2.15. The summed E-state index contributed by atoms with van der Waals surface area (Å²) < 4.78 is 0. The molecule has 0 spiro atoms. The van der Waals surface area contributed by atoms with Gasteiger partial charge in [0.1, 0.15) is 0 Å². The van der Waals surface area contributed by atoms with Gasteiger partial charge in [-0.3, -0.25) is 0 Å². The Kier molecular flexibility index (Phi) is 5.24. The fourth-order valence-corrected chi connectivity index (χ4v) is 1.62. The molecule has 12 heavy (non-hydrogen) atoms. The van der Waals surface area contributed by atoms with Gasteiger partial charge in [-0.1, -0.05) is 20.8 Å². The molecule has 0 nitrogen and oxygen atoms in total. The number of hydrogen-bond acceptors (Lipinski definition) is 0. The lowest BCUT2D eigenvalue weighted by Crippen LogP contribution is -2.12. The van der Waals surface area contributed by atoms with Crippen LogP contribution in [0, 0.1) is 11.8 Å². The average molecular weight is 191 g/mol. The van der Waals surface area contributed by atoms with E-state index >= 15 is 0 Å². The van der Waals surface area contributed by atoms with Gasteiger partial charge in [-0.25, -0.2) is 0 Å². The minimum Gasteiger partial charge on any atom is -0.120 e. The molecule has 0 saturated carbocycles. The average Bonchev–Trinajstić information content (AvgIpc) is 1.80. The lowest BCUT2D eigenvalue weighted by atomic mass is 9.92. The molecule has 0 N–H and O–H groups in total. The molecule has 0 bridgehead atoms. The van der Waals surface area contributed by atoms with E-state index in [0.717, 1.165) is 18.3 Å². The molecule has 0 radical (unpaired) electrons. The smallest absolute Gasteiger partial charge is 0.0390 e. The molecular formula is C11H23Cl. The Morgan fingerprint density at radius 2 is 1.67 bits per heavy atom. The maximum Gasteiger partial charge on any atom is 0.0390 e. The first-order valence-corrected chi connectivity index (χ1v) is 5.38. The molecule has 0 aliphatic heterocycles. The molecule has 1 heteroatoms. The van der Waals surface area contributed by atoms with Crippen LogP contribution in [0.2, 0.25) is 0 Å². The Morgan fingerprint density at radius 1 is 1.17 bits per heavy atom. The van der Waals surface area contributed by atoms with Crippen molar-refractivity contribution in [3.05, 3.63) is 0 Å². The van der Waals surface area contributed by atoms with Crippen molar-refractivity contribution in [2.75, 3.05) is 0 Å². The van der Waals surface area contributed by atoms with E-state index in [1.165, 1.54) is 12.8 Å². The summed E-state index contributed by atoms with van der Waals surface area (Å²) in [6.07, 6.45) is 3.71. The van der Waals surface area contributed by atoms with Crippen molar-refractivity contribution in [2.45, 2.75) is 58.8 Å². The molecule has 0 aromatic carbocycles. The van der Waals surface area contributed by atoms with E-state index in [4.69, 9.17) is 11.6 Å². The third-order valence-corrected chi connectivity index (χ3v) is 2.29. The number of halogens is 1. The molecule has 0 aliphatic carbocycles. The quantitative estimate of drug-likeness (QED) is 0.562. The van der Waals surface area contributed by atoms with E-state index in [2.05, 4.69) is 34.6 Å². The van der Waals surface area contributed by atoms with Crippen LogP contribution in [0.1, 0.15) is 53.9 Å².